The van der Waals surface area contributed by atoms with Gasteiger partial charge in [0.05, 0.1) is 28.1 Å². The number of anilines is 3. The molecular weight excluding hydrogens is 725 g/mol. The highest BCUT2D eigenvalue weighted by molar-refractivity contribution is 6.10. The molecule has 0 aliphatic rings. The van der Waals surface area contributed by atoms with E-state index in [1.165, 1.54) is 60.4 Å². The first kappa shape index (κ1) is 35.2. The molecule has 0 saturated heterocycles. The van der Waals surface area contributed by atoms with Gasteiger partial charge < -0.3 is 9.47 Å². The Balaban J connectivity index is 1.25. The van der Waals surface area contributed by atoms with E-state index in [2.05, 4.69) is 252 Å². The molecule has 0 atom stereocenters. The molecule has 0 spiro atoms. The first-order valence-electron chi connectivity index (χ1n) is 20.6. The second-order valence-electron chi connectivity index (χ2n) is 15.2. The van der Waals surface area contributed by atoms with E-state index >= 15 is 0 Å². The predicted molar refractivity (Wildman–Crippen MR) is 255 cm³/mol. The summed E-state index contributed by atoms with van der Waals surface area (Å²) in [5.74, 6) is 0. The number of hydrogen-bond acceptors (Lipinski definition) is 1. The Morgan fingerprint density at radius 3 is 1.53 bits per heavy atom. The third-order valence-corrected chi connectivity index (χ3v) is 11.8. The van der Waals surface area contributed by atoms with Gasteiger partial charge in [0.15, 0.2) is 0 Å². The number of rotatable bonds is 8. The van der Waals surface area contributed by atoms with Gasteiger partial charge in [-0.2, -0.15) is 0 Å². The van der Waals surface area contributed by atoms with Crippen LogP contribution in [-0.2, 0) is 0 Å². The molecule has 2 heteroatoms. The minimum atomic E-state index is 1.07. The van der Waals surface area contributed by atoms with Crippen LogP contribution in [0.15, 0.2) is 243 Å². The van der Waals surface area contributed by atoms with Crippen LogP contribution in [0.25, 0.3) is 82.8 Å². The summed E-state index contributed by atoms with van der Waals surface area (Å²) in [6.45, 7) is 0. The van der Waals surface area contributed by atoms with Crippen molar-refractivity contribution in [3.05, 3.63) is 243 Å². The smallest absolute Gasteiger partial charge is 0.0702 e. The van der Waals surface area contributed by atoms with Crippen LogP contribution in [0.5, 0.6) is 0 Å². The summed E-state index contributed by atoms with van der Waals surface area (Å²) >= 11 is 0. The summed E-state index contributed by atoms with van der Waals surface area (Å²) in [4.78, 5) is 2.50. The molecule has 11 aromatic rings. The van der Waals surface area contributed by atoms with Crippen LogP contribution < -0.4 is 4.90 Å². The third-order valence-electron chi connectivity index (χ3n) is 11.8. The average molecular weight is 765 g/mol. The molecular formula is C58H40N2. The summed E-state index contributed by atoms with van der Waals surface area (Å²) in [7, 11) is 0. The Hall–Kier alpha value is -7.94. The molecule has 0 saturated carbocycles. The van der Waals surface area contributed by atoms with E-state index in [1.54, 1.807) is 0 Å². The van der Waals surface area contributed by atoms with Crippen LogP contribution in [0.2, 0.25) is 0 Å². The van der Waals surface area contributed by atoms with Gasteiger partial charge in [-0.1, -0.05) is 200 Å². The zero-order chi connectivity index (χ0) is 39.8. The van der Waals surface area contributed by atoms with Crippen LogP contribution in [0.4, 0.5) is 17.1 Å². The lowest BCUT2D eigenvalue weighted by atomic mass is 9.87. The first-order valence-corrected chi connectivity index (χ1v) is 20.6. The zero-order valence-corrected chi connectivity index (χ0v) is 33.0. The molecule has 0 N–H and O–H groups in total. The molecule has 0 fully saturated rings. The summed E-state index contributed by atoms with van der Waals surface area (Å²) in [6.07, 6.45) is 0. The highest BCUT2D eigenvalue weighted by atomic mass is 15.2. The third kappa shape index (κ3) is 6.06. The molecule has 11 rings (SSSR count). The maximum absolute atomic E-state index is 2.50. The topological polar surface area (TPSA) is 8.17 Å². The highest BCUT2D eigenvalue weighted by Gasteiger charge is 2.26. The zero-order valence-electron chi connectivity index (χ0n) is 33.0. The largest absolute Gasteiger partial charge is 0.308 e. The van der Waals surface area contributed by atoms with Crippen LogP contribution in [0.3, 0.4) is 0 Å². The average Bonchev–Trinajstić information content (AvgIpc) is 3.66. The van der Waals surface area contributed by atoms with E-state index in [0.29, 0.717) is 0 Å². The van der Waals surface area contributed by atoms with Crippen molar-refractivity contribution in [1.82, 2.24) is 4.57 Å². The van der Waals surface area contributed by atoms with Gasteiger partial charge in [-0.15, -0.1) is 0 Å². The van der Waals surface area contributed by atoms with E-state index in [1.807, 2.05) is 0 Å². The van der Waals surface area contributed by atoms with Crippen molar-refractivity contribution in [2.75, 3.05) is 4.90 Å². The molecule has 0 radical (unpaired) electrons. The summed E-state index contributed by atoms with van der Waals surface area (Å²) in [5, 5.41) is 4.93. The maximum Gasteiger partial charge on any atom is 0.0702 e. The lowest BCUT2D eigenvalue weighted by Crippen LogP contribution is -2.15. The van der Waals surface area contributed by atoms with Gasteiger partial charge in [0.1, 0.15) is 0 Å². The van der Waals surface area contributed by atoms with Gasteiger partial charge in [-0.25, -0.2) is 0 Å². The summed E-state index contributed by atoms with van der Waals surface area (Å²) < 4.78 is 2.44. The van der Waals surface area contributed by atoms with E-state index in [0.717, 1.165) is 39.4 Å². The standard InChI is InChI=1S/C58H40N2/c1-3-20-41(21-4-1)47-29-9-10-32-52(47)58-49(43-22-5-2-6-23-43)34-19-39-57(58)59(45-27-17-26-44(40-45)48-33-18-25-42-24-7-8-28-46(42)48)55-37-15-16-38-56(55)60-53-35-13-11-30-50(53)51-31-12-14-36-54(51)60/h1-40H. The molecule has 0 aliphatic carbocycles. The van der Waals surface area contributed by atoms with Gasteiger partial charge in [0.25, 0.3) is 0 Å². The Morgan fingerprint density at radius 2 is 0.783 bits per heavy atom. The number of fused-ring (bicyclic) bond motifs is 4. The normalized spacial score (nSPS) is 11.3. The second-order valence-corrected chi connectivity index (χ2v) is 15.2. The number of aromatic nitrogens is 1. The van der Waals surface area contributed by atoms with Gasteiger partial charge in [0.2, 0.25) is 0 Å². The Bertz CT molecular complexity index is 3270. The van der Waals surface area contributed by atoms with E-state index in [9.17, 15) is 0 Å². The molecule has 0 unspecified atom stereocenters. The van der Waals surface area contributed by atoms with Gasteiger partial charge in [0, 0.05) is 22.0 Å². The molecule has 282 valence electrons. The highest BCUT2D eigenvalue weighted by Crippen LogP contribution is 2.50. The fraction of sp³-hybridized carbons (Fsp3) is 0. The van der Waals surface area contributed by atoms with Crippen LogP contribution in [0.1, 0.15) is 0 Å². The van der Waals surface area contributed by atoms with Crippen molar-refractivity contribution in [2.45, 2.75) is 0 Å². The van der Waals surface area contributed by atoms with Crippen LogP contribution >= 0.6 is 0 Å². The Labute approximate surface area is 350 Å². The van der Waals surface area contributed by atoms with Crippen molar-refractivity contribution in [3.8, 4) is 50.2 Å². The molecule has 2 nitrogen and oxygen atoms in total. The number of hydrogen-bond donors (Lipinski definition) is 0. The quantitative estimate of drug-likeness (QED) is 0.150. The predicted octanol–water partition coefficient (Wildman–Crippen LogP) is 16.1. The van der Waals surface area contributed by atoms with Crippen molar-refractivity contribution >= 4 is 49.6 Å². The molecule has 1 aromatic heterocycles. The number of para-hydroxylation sites is 4. The van der Waals surface area contributed by atoms with Gasteiger partial charge in [-0.05, 0) is 92.2 Å². The SMILES string of the molecule is c1ccc(-c2ccccc2-c2c(-c3ccccc3)cccc2N(c2cccc(-c3cccc4ccccc34)c2)c2ccccc2-n2c3ccccc3c3ccccc32)cc1. The van der Waals surface area contributed by atoms with E-state index < -0.39 is 0 Å². The lowest BCUT2D eigenvalue weighted by Gasteiger charge is -2.32. The molecule has 0 amide bonds. The van der Waals surface area contributed by atoms with Crippen molar-refractivity contribution in [3.63, 3.8) is 0 Å². The Morgan fingerprint density at radius 1 is 0.300 bits per heavy atom. The number of nitrogens with zero attached hydrogens (tertiary/aromatic N) is 2. The van der Waals surface area contributed by atoms with E-state index in [4.69, 9.17) is 0 Å². The van der Waals surface area contributed by atoms with Crippen molar-refractivity contribution in [2.24, 2.45) is 0 Å². The lowest BCUT2D eigenvalue weighted by molar-refractivity contribution is 1.15. The fourth-order valence-electron chi connectivity index (χ4n) is 9.16. The summed E-state index contributed by atoms with van der Waals surface area (Å²) in [5.41, 5.74) is 16.1. The molecule has 10 aromatic carbocycles. The van der Waals surface area contributed by atoms with Crippen molar-refractivity contribution in [1.29, 1.82) is 0 Å². The Kier molecular flexibility index (Phi) is 8.87. The summed E-state index contributed by atoms with van der Waals surface area (Å²) in [6, 6.07) is 88.1. The first-order chi connectivity index (χ1) is 29.8. The van der Waals surface area contributed by atoms with Gasteiger partial charge >= 0.3 is 0 Å². The molecule has 60 heavy (non-hydrogen) atoms. The molecule has 1 heterocycles. The number of benzene rings is 10. The fourth-order valence-corrected chi connectivity index (χ4v) is 9.16. The minimum Gasteiger partial charge on any atom is -0.308 e. The monoisotopic (exact) mass is 764 g/mol. The molecule has 0 bridgehead atoms. The van der Waals surface area contributed by atoms with Crippen LogP contribution in [-0.4, -0.2) is 4.57 Å². The van der Waals surface area contributed by atoms with Crippen molar-refractivity contribution < 1.29 is 0 Å². The van der Waals surface area contributed by atoms with Crippen LogP contribution in [0, 0.1) is 0 Å². The maximum atomic E-state index is 2.50. The van der Waals surface area contributed by atoms with Gasteiger partial charge in [-0.3, -0.25) is 0 Å². The molecule has 0 aliphatic heterocycles. The minimum absolute atomic E-state index is 1.07. The second kappa shape index (κ2) is 15.1. The van der Waals surface area contributed by atoms with E-state index in [-0.39, 0.29) is 0 Å².